The molecule has 1 aromatic carbocycles. The Morgan fingerprint density at radius 1 is 1.40 bits per heavy atom. The van der Waals surface area contributed by atoms with Crippen LogP contribution in [0.2, 0.25) is 5.02 Å². The van der Waals surface area contributed by atoms with Gasteiger partial charge in [-0.1, -0.05) is 25.4 Å². The summed E-state index contributed by atoms with van der Waals surface area (Å²) in [7, 11) is 0. The Balaban J connectivity index is 2.67. The fraction of sp³-hybridized carbons (Fsp3) is 0.462. The van der Waals surface area contributed by atoms with Gasteiger partial charge in [-0.2, -0.15) is 0 Å². The van der Waals surface area contributed by atoms with E-state index in [1.807, 2.05) is 13.8 Å². The molecule has 0 unspecified atom stereocenters. The third kappa shape index (κ3) is 4.47. The number of carbonyl (C=O) groups excluding carboxylic acids is 1. The van der Waals surface area contributed by atoms with E-state index in [-0.39, 0.29) is 16.3 Å². The molecule has 1 N–H and O–H groups in total. The highest BCUT2D eigenvalue weighted by atomic mass is 35.5. The van der Waals surface area contributed by atoms with E-state index in [0.29, 0.717) is 6.54 Å². The zero-order valence-electron chi connectivity index (χ0n) is 11.6. The predicted octanol–water partition coefficient (Wildman–Crippen LogP) is 2.32. The summed E-state index contributed by atoms with van der Waals surface area (Å²) < 4.78 is 0. The van der Waals surface area contributed by atoms with Gasteiger partial charge in [-0.15, -0.1) is 0 Å². The smallest absolute Gasteiger partial charge is 0.270 e. The van der Waals surface area contributed by atoms with E-state index in [0.717, 1.165) is 19.6 Å². The number of hydrogen-bond donors (Lipinski definition) is 1. The maximum absolute atomic E-state index is 12.0. The zero-order chi connectivity index (χ0) is 15.1. The van der Waals surface area contributed by atoms with Crippen molar-refractivity contribution in [1.82, 2.24) is 10.2 Å². The van der Waals surface area contributed by atoms with Crippen molar-refractivity contribution >= 4 is 23.2 Å². The Labute approximate surface area is 122 Å². The van der Waals surface area contributed by atoms with Gasteiger partial charge in [-0.25, -0.2) is 0 Å². The molecular formula is C13H18ClN3O3. The minimum Gasteiger partial charge on any atom is -0.351 e. The lowest BCUT2D eigenvalue weighted by Crippen LogP contribution is -2.34. The first-order chi connectivity index (χ1) is 9.49. The molecule has 0 spiro atoms. The molecular weight excluding hydrogens is 282 g/mol. The quantitative estimate of drug-likeness (QED) is 0.619. The van der Waals surface area contributed by atoms with Crippen molar-refractivity contribution in [2.45, 2.75) is 13.8 Å². The lowest BCUT2D eigenvalue weighted by molar-refractivity contribution is -0.384. The maximum atomic E-state index is 12.0. The van der Waals surface area contributed by atoms with Crippen LogP contribution in [-0.4, -0.2) is 41.9 Å². The first-order valence-electron chi connectivity index (χ1n) is 6.44. The third-order valence-corrected chi connectivity index (χ3v) is 3.34. The molecule has 7 heteroatoms. The molecule has 1 rings (SSSR count). The lowest BCUT2D eigenvalue weighted by Gasteiger charge is -2.18. The molecule has 0 aliphatic carbocycles. The summed E-state index contributed by atoms with van der Waals surface area (Å²) in [5.74, 6) is -0.397. The van der Waals surface area contributed by atoms with Gasteiger partial charge in [0, 0.05) is 25.2 Å². The standard InChI is InChI=1S/C13H18ClN3O3/c1-3-16(4-2)8-7-15-13(18)11-9-10(17(19)20)5-6-12(11)14/h5-6,9H,3-4,7-8H2,1-2H3,(H,15,18). The van der Waals surface area contributed by atoms with Gasteiger partial charge in [0.05, 0.1) is 15.5 Å². The number of likely N-dealkylation sites (N-methyl/N-ethyl adjacent to an activating group) is 1. The zero-order valence-corrected chi connectivity index (χ0v) is 12.3. The maximum Gasteiger partial charge on any atom is 0.270 e. The molecule has 1 amide bonds. The van der Waals surface area contributed by atoms with Crippen LogP contribution in [0.25, 0.3) is 0 Å². The summed E-state index contributed by atoms with van der Waals surface area (Å²) in [6.45, 7) is 7.10. The van der Waals surface area contributed by atoms with E-state index in [2.05, 4.69) is 10.2 Å². The predicted molar refractivity (Wildman–Crippen MR) is 78.2 cm³/mol. The number of rotatable bonds is 7. The van der Waals surface area contributed by atoms with Crippen molar-refractivity contribution in [3.8, 4) is 0 Å². The van der Waals surface area contributed by atoms with Crippen LogP contribution in [0.3, 0.4) is 0 Å². The molecule has 0 bridgehead atoms. The number of nitrogens with zero attached hydrogens (tertiary/aromatic N) is 2. The first kappa shape index (κ1) is 16.4. The van der Waals surface area contributed by atoms with Gasteiger partial charge in [0.25, 0.3) is 11.6 Å². The van der Waals surface area contributed by atoms with Gasteiger partial charge in [0.15, 0.2) is 0 Å². The number of nitro benzene ring substituents is 1. The van der Waals surface area contributed by atoms with Crippen LogP contribution in [0.5, 0.6) is 0 Å². The molecule has 6 nitrogen and oxygen atoms in total. The van der Waals surface area contributed by atoms with Gasteiger partial charge in [0.2, 0.25) is 0 Å². The minimum atomic E-state index is -0.553. The highest BCUT2D eigenvalue weighted by Gasteiger charge is 2.15. The van der Waals surface area contributed by atoms with Crippen molar-refractivity contribution in [3.05, 3.63) is 38.9 Å². The highest BCUT2D eigenvalue weighted by Crippen LogP contribution is 2.21. The molecule has 0 atom stereocenters. The molecule has 0 heterocycles. The number of nitrogens with one attached hydrogen (secondary N) is 1. The summed E-state index contributed by atoms with van der Waals surface area (Å²) in [5.41, 5.74) is -0.0243. The average molecular weight is 300 g/mol. The second-order valence-corrected chi connectivity index (χ2v) is 4.61. The number of hydrogen-bond acceptors (Lipinski definition) is 4. The number of benzene rings is 1. The van der Waals surface area contributed by atoms with Gasteiger partial charge in [0.1, 0.15) is 0 Å². The van der Waals surface area contributed by atoms with E-state index in [4.69, 9.17) is 11.6 Å². The summed E-state index contributed by atoms with van der Waals surface area (Å²) in [5, 5.41) is 13.6. The molecule has 0 aliphatic rings. The third-order valence-electron chi connectivity index (χ3n) is 3.01. The second-order valence-electron chi connectivity index (χ2n) is 4.20. The topological polar surface area (TPSA) is 75.5 Å². The number of non-ortho nitro benzene ring substituents is 1. The monoisotopic (exact) mass is 299 g/mol. The van der Waals surface area contributed by atoms with Crippen LogP contribution in [0, 0.1) is 10.1 Å². The highest BCUT2D eigenvalue weighted by molar-refractivity contribution is 6.33. The van der Waals surface area contributed by atoms with Crippen LogP contribution >= 0.6 is 11.6 Å². The van der Waals surface area contributed by atoms with E-state index in [1.165, 1.54) is 18.2 Å². The number of carbonyl (C=O) groups is 1. The summed E-state index contributed by atoms with van der Waals surface area (Å²) in [4.78, 5) is 24.3. The van der Waals surface area contributed by atoms with Gasteiger partial charge < -0.3 is 10.2 Å². The van der Waals surface area contributed by atoms with Gasteiger partial charge in [-0.05, 0) is 19.2 Å². The molecule has 1 aromatic rings. The largest absolute Gasteiger partial charge is 0.351 e. The first-order valence-corrected chi connectivity index (χ1v) is 6.81. The lowest BCUT2D eigenvalue weighted by atomic mass is 10.2. The van der Waals surface area contributed by atoms with Gasteiger partial charge >= 0.3 is 0 Å². The van der Waals surface area contributed by atoms with Gasteiger partial charge in [-0.3, -0.25) is 14.9 Å². The molecule has 0 saturated carbocycles. The Kier molecular flexibility index (Phi) is 6.41. The van der Waals surface area contributed by atoms with Crippen molar-refractivity contribution in [2.75, 3.05) is 26.2 Å². The van der Waals surface area contributed by atoms with E-state index in [1.54, 1.807) is 0 Å². The molecule has 20 heavy (non-hydrogen) atoms. The molecule has 0 aromatic heterocycles. The molecule has 110 valence electrons. The van der Waals surface area contributed by atoms with Crippen LogP contribution in [0.4, 0.5) is 5.69 Å². The van der Waals surface area contributed by atoms with Crippen LogP contribution in [0.1, 0.15) is 24.2 Å². The SMILES string of the molecule is CCN(CC)CCNC(=O)c1cc([N+](=O)[O-])ccc1Cl. The van der Waals surface area contributed by atoms with Crippen molar-refractivity contribution in [2.24, 2.45) is 0 Å². The van der Waals surface area contributed by atoms with E-state index in [9.17, 15) is 14.9 Å². The van der Waals surface area contributed by atoms with Crippen molar-refractivity contribution in [1.29, 1.82) is 0 Å². The summed E-state index contributed by atoms with van der Waals surface area (Å²) >= 11 is 5.90. The summed E-state index contributed by atoms with van der Waals surface area (Å²) in [6.07, 6.45) is 0. The normalized spacial score (nSPS) is 10.6. The van der Waals surface area contributed by atoms with Crippen LogP contribution in [0.15, 0.2) is 18.2 Å². The Morgan fingerprint density at radius 2 is 2.05 bits per heavy atom. The Morgan fingerprint density at radius 3 is 2.60 bits per heavy atom. The molecule has 0 radical (unpaired) electrons. The molecule has 0 fully saturated rings. The van der Waals surface area contributed by atoms with E-state index < -0.39 is 10.8 Å². The van der Waals surface area contributed by atoms with Crippen LogP contribution in [-0.2, 0) is 0 Å². The second kappa shape index (κ2) is 7.81. The van der Waals surface area contributed by atoms with Crippen molar-refractivity contribution < 1.29 is 9.72 Å². The summed E-state index contributed by atoms with van der Waals surface area (Å²) in [6, 6.07) is 3.82. The number of halogens is 1. The fourth-order valence-corrected chi connectivity index (χ4v) is 1.97. The van der Waals surface area contributed by atoms with Crippen molar-refractivity contribution in [3.63, 3.8) is 0 Å². The van der Waals surface area contributed by atoms with Crippen LogP contribution < -0.4 is 5.32 Å². The average Bonchev–Trinajstić information content (AvgIpc) is 2.43. The number of nitro groups is 1. The fourth-order valence-electron chi connectivity index (χ4n) is 1.76. The van der Waals surface area contributed by atoms with E-state index >= 15 is 0 Å². The Bertz CT molecular complexity index is 490. The molecule has 0 aliphatic heterocycles. The Hall–Kier alpha value is -1.66. The molecule has 0 saturated heterocycles. The number of amides is 1. The minimum absolute atomic E-state index is 0.125.